The van der Waals surface area contributed by atoms with Gasteiger partial charge in [-0.1, -0.05) is 25.8 Å². The minimum absolute atomic E-state index is 0.288. The Labute approximate surface area is 116 Å². The standard InChI is InChI=1S/C16H26FNO/c1-5-6-7-11-18(12(2)3)15-10-8-9-14(17)16(15)13(4)19/h8-10,12-13,19H,5-7,11H2,1-4H3/t13-/m1/s1. The summed E-state index contributed by atoms with van der Waals surface area (Å²) >= 11 is 0. The number of nitrogens with zero attached hydrogens (tertiary/aromatic N) is 1. The van der Waals surface area contributed by atoms with E-state index >= 15 is 0 Å². The fourth-order valence-electron chi connectivity index (χ4n) is 2.38. The monoisotopic (exact) mass is 267 g/mol. The number of aliphatic hydroxyl groups excluding tert-OH is 1. The van der Waals surface area contributed by atoms with Gasteiger partial charge < -0.3 is 10.0 Å². The Morgan fingerprint density at radius 1 is 1.21 bits per heavy atom. The first-order valence-corrected chi connectivity index (χ1v) is 7.22. The second kappa shape index (κ2) is 7.49. The Morgan fingerprint density at radius 3 is 2.42 bits per heavy atom. The predicted molar refractivity (Wildman–Crippen MR) is 79.0 cm³/mol. The van der Waals surface area contributed by atoms with E-state index in [9.17, 15) is 9.50 Å². The van der Waals surface area contributed by atoms with Gasteiger partial charge in [-0.15, -0.1) is 0 Å². The van der Waals surface area contributed by atoms with Crippen LogP contribution in [0.25, 0.3) is 0 Å². The highest BCUT2D eigenvalue weighted by molar-refractivity contribution is 5.55. The number of aliphatic hydroxyl groups is 1. The van der Waals surface area contributed by atoms with Crippen molar-refractivity contribution < 1.29 is 9.50 Å². The fourth-order valence-corrected chi connectivity index (χ4v) is 2.38. The molecule has 19 heavy (non-hydrogen) atoms. The largest absolute Gasteiger partial charge is 0.389 e. The second-order valence-corrected chi connectivity index (χ2v) is 5.34. The van der Waals surface area contributed by atoms with Gasteiger partial charge in [0.1, 0.15) is 5.82 Å². The second-order valence-electron chi connectivity index (χ2n) is 5.34. The molecule has 0 saturated heterocycles. The topological polar surface area (TPSA) is 23.5 Å². The van der Waals surface area contributed by atoms with E-state index in [1.54, 1.807) is 13.0 Å². The molecule has 3 heteroatoms. The summed E-state index contributed by atoms with van der Waals surface area (Å²) in [5, 5.41) is 9.82. The Bertz CT molecular complexity index is 390. The number of anilines is 1. The molecule has 0 bridgehead atoms. The summed E-state index contributed by atoms with van der Waals surface area (Å²) in [5.41, 5.74) is 1.23. The maximum Gasteiger partial charge on any atom is 0.131 e. The van der Waals surface area contributed by atoms with E-state index in [0.29, 0.717) is 5.56 Å². The van der Waals surface area contributed by atoms with Gasteiger partial charge in [0.05, 0.1) is 6.10 Å². The van der Waals surface area contributed by atoms with Gasteiger partial charge >= 0.3 is 0 Å². The van der Waals surface area contributed by atoms with Crippen molar-refractivity contribution in [1.29, 1.82) is 0 Å². The zero-order valence-electron chi connectivity index (χ0n) is 12.5. The van der Waals surface area contributed by atoms with Crippen LogP contribution in [0, 0.1) is 5.82 Å². The highest BCUT2D eigenvalue weighted by atomic mass is 19.1. The molecule has 1 atom stereocenters. The molecule has 0 saturated carbocycles. The van der Waals surface area contributed by atoms with Crippen molar-refractivity contribution in [3.63, 3.8) is 0 Å². The van der Waals surface area contributed by atoms with Gasteiger partial charge in [-0.05, 0) is 39.3 Å². The van der Waals surface area contributed by atoms with Gasteiger partial charge in [-0.25, -0.2) is 4.39 Å². The molecule has 1 aromatic carbocycles. The Balaban J connectivity index is 3.05. The van der Waals surface area contributed by atoms with Gasteiger partial charge in [0.15, 0.2) is 0 Å². The summed E-state index contributed by atoms with van der Waals surface area (Å²) in [4.78, 5) is 2.18. The average molecular weight is 267 g/mol. The fraction of sp³-hybridized carbons (Fsp3) is 0.625. The number of unbranched alkanes of at least 4 members (excludes halogenated alkanes) is 2. The lowest BCUT2D eigenvalue weighted by molar-refractivity contribution is 0.194. The normalized spacial score (nSPS) is 12.8. The first-order valence-electron chi connectivity index (χ1n) is 7.22. The third kappa shape index (κ3) is 4.20. The number of rotatable bonds is 7. The summed E-state index contributed by atoms with van der Waals surface area (Å²) in [6, 6.07) is 5.31. The van der Waals surface area contributed by atoms with Crippen molar-refractivity contribution in [2.45, 2.75) is 59.1 Å². The van der Waals surface area contributed by atoms with Gasteiger partial charge in [0.25, 0.3) is 0 Å². The Hall–Kier alpha value is -1.09. The van der Waals surface area contributed by atoms with Crippen LogP contribution in [0.5, 0.6) is 0 Å². The van der Waals surface area contributed by atoms with Crippen LogP contribution >= 0.6 is 0 Å². The van der Waals surface area contributed by atoms with Crippen molar-refractivity contribution in [3.8, 4) is 0 Å². The summed E-state index contributed by atoms with van der Waals surface area (Å²) in [5.74, 6) is -0.325. The summed E-state index contributed by atoms with van der Waals surface area (Å²) in [6.07, 6.45) is 2.63. The van der Waals surface area contributed by atoms with Crippen LogP contribution in [0.2, 0.25) is 0 Å². The summed E-state index contributed by atoms with van der Waals surface area (Å²) in [7, 11) is 0. The number of benzene rings is 1. The van der Waals surface area contributed by atoms with Crippen LogP contribution in [-0.4, -0.2) is 17.7 Å². The molecule has 1 aromatic rings. The van der Waals surface area contributed by atoms with Crippen molar-refractivity contribution in [1.82, 2.24) is 0 Å². The number of hydrogen-bond donors (Lipinski definition) is 1. The van der Waals surface area contributed by atoms with Crippen LogP contribution < -0.4 is 4.90 Å². The highest BCUT2D eigenvalue weighted by Crippen LogP contribution is 2.30. The van der Waals surface area contributed by atoms with E-state index in [2.05, 4.69) is 25.7 Å². The first-order chi connectivity index (χ1) is 8.99. The van der Waals surface area contributed by atoms with Crippen molar-refractivity contribution in [2.24, 2.45) is 0 Å². The number of hydrogen-bond acceptors (Lipinski definition) is 2. The van der Waals surface area contributed by atoms with E-state index in [-0.39, 0.29) is 11.9 Å². The summed E-state index contributed by atoms with van der Waals surface area (Å²) in [6.45, 7) is 8.88. The SMILES string of the molecule is CCCCCN(c1cccc(F)c1[C@@H](C)O)C(C)C. The van der Waals surface area contributed by atoms with Gasteiger partial charge in [-0.2, -0.15) is 0 Å². The molecule has 0 aliphatic carbocycles. The van der Waals surface area contributed by atoms with Gasteiger partial charge in [-0.3, -0.25) is 0 Å². The molecule has 0 spiro atoms. The zero-order valence-corrected chi connectivity index (χ0v) is 12.5. The molecule has 2 nitrogen and oxygen atoms in total. The summed E-state index contributed by atoms with van der Waals surface area (Å²) < 4.78 is 13.9. The maximum atomic E-state index is 13.9. The van der Waals surface area contributed by atoms with Crippen LogP contribution in [-0.2, 0) is 0 Å². The number of halogens is 1. The Kier molecular flexibility index (Phi) is 6.29. The molecule has 0 radical (unpaired) electrons. The molecule has 108 valence electrons. The maximum absolute atomic E-state index is 13.9. The molecule has 0 fully saturated rings. The molecular weight excluding hydrogens is 241 g/mol. The molecular formula is C16H26FNO. The quantitative estimate of drug-likeness (QED) is 0.745. The van der Waals surface area contributed by atoms with Crippen LogP contribution in [0.4, 0.5) is 10.1 Å². The van der Waals surface area contributed by atoms with E-state index in [1.807, 2.05) is 6.07 Å². The average Bonchev–Trinajstić information content (AvgIpc) is 2.33. The molecule has 0 aliphatic heterocycles. The van der Waals surface area contributed by atoms with Crippen molar-refractivity contribution in [3.05, 3.63) is 29.6 Å². The van der Waals surface area contributed by atoms with Gasteiger partial charge in [0.2, 0.25) is 0 Å². The molecule has 1 rings (SSSR count). The predicted octanol–water partition coefficient (Wildman–Crippen LogP) is 4.28. The smallest absolute Gasteiger partial charge is 0.131 e. The zero-order chi connectivity index (χ0) is 14.4. The van der Waals surface area contributed by atoms with Crippen LogP contribution in [0.3, 0.4) is 0 Å². The molecule has 0 aliphatic rings. The van der Waals surface area contributed by atoms with E-state index < -0.39 is 6.10 Å². The van der Waals surface area contributed by atoms with E-state index in [1.165, 1.54) is 18.9 Å². The lowest BCUT2D eigenvalue weighted by atomic mass is 10.0. The third-order valence-electron chi connectivity index (χ3n) is 3.38. The molecule has 0 heterocycles. The highest BCUT2D eigenvalue weighted by Gasteiger charge is 2.19. The lowest BCUT2D eigenvalue weighted by Crippen LogP contribution is -2.33. The Morgan fingerprint density at radius 2 is 1.89 bits per heavy atom. The third-order valence-corrected chi connectivity index (χ3v) is 3.38. The van der Waals surface area contributed by atoms with Crippen molar-refractivity contribution >= 4 is 5.69 Å². The minimum Gasteiger partial charge on any atom is -0.389 e. The molecule has 0 aromatic heterocycles. The molecule has 0 unspecified atom stereocenters. The van der Waals surface area contributed by atoms with E-state index in [4.69, 9.17) is 0 Å². The minimum atomic E-state index is -0.788. The van der Waals surface area contributed by atoms with Crippen LogP contribution in [0.15, 0.2) is 18.2 Å². The van der Waals surface area contributed by atoms with Crippen molar-refractivity contribution in [2.75, 3.05) is 11.4 Å². The van der Waals surface area contributed by atoms with Crippen LogP contribution in [0.1, 0.15) is 58.6 Å². The molecule has 0 amide bonds. The molecule has 1 N–H and O–H groups in total. The lowest BCUT2D eigenvalue weighted by Gasteiger charge is -2.31. The van der Waals surface area contributed by atoms with Gasteiger partial charge in [0, 0.05) is 23.8 Å². The first kappa shape index (κ1) is 16.0. The van der Waals surface area contributed by atoms with E-state index in [0.717, 1.165) is 18.7 Å².